The van der Waals surface area contributed by atoms with Gasteiger partial charge in [-0.15, -0.1) is 11.8 Å². The van der Waals surface area contributed by atoms with E-state index in [-0.39, 0.29) is 16.1 Å². The molecule has 0 aromatic heterocycles. The second kappa shape index (κ2) is 6.72. The van der Waals surface area contributed by atoms with Crippen molar-refractivity contribution in [1.29, 1.82) is 0 Å². The first kappa shape index (κ1) is 17.8. The van der Waals surface area contributed by atoms with Gasteiger partial charge in [-0.3, -0.25) is 9.10 Å². The van der Waals surface area contributed by atoms with Crippen LogP contribution < -0.4 is 9.62 Å². The van der Waals surface area contributed by atoms with Crippen LogP contribution in [0.2, 0.25) is 0 Å². The molecule has 1 amide bonds. The molecule has 7 heteroatoms. The van der Waals surface area contributed by atoms with Crippen molar-refractivity contribution in [3.8, 4) is 0 Å². The highest BCUT2D eigenvalue weighted by Crippen LogP contribution is 2.37. The molecule has 0 unspecified atom stereocenters. The van der Waals surface area contributed by atoms with Crippen LogP contribution in [0, 0.1) is 6.92 Å². The lowest BCUT2D eigenvalue weighted by atomic mass is 10.2. The van der Waals surface area contributed by atoms with E-state index >= 15 is 0 Å². The van der Waals surface area contributed by atoms with Gasteiger partial charge in [-0.2, -0.15) is 0 Å². The van der Waals surface area contributed by atoms with Crippen molar-refractivity contribution in [1.82, 2.24) is 0 Å². The van der Waals surface area contributed by atoms with Gasteiger partial charge < -0.3 is 5.32 Å². The van der Waals surface area contributed by atoms with E-state index in [1.54, 1.807) is 36.0 Å². The van der Waals surface area contributed by atoms with Crippen molar-refractivity contribution >= 4 is 39.1 Å². The number of amides is 1. The van der Waals surface area contributed by atoms with Gasteiger partial charge in [-0.05, 0) is 42.8 Å². The number of aryl methyl sites for hydroxylation is 1. The molecule has 1 aliphatic rings. The molecule has 0 saturated carbocycles. The number of anilines is 2. The van der Waals surface area contributed by atoms with E-state index in [0.717, 1.165) is 10.5 Å². The van der Waals surface area contributed by atoms with Crippen molar-refractivity contribution in [2.24, 2.45) is 0 Å². The van der Waals surface area contributed by atoms with Gasteiger partial charge in [-0.1, -0.05) is 19.1 Å². The smallest absolute Gasteiger partial charge is 0.264 e. The Kier molecular flexibility index (Phi) is 4.79. The van der Waals surface area contributed by atoms with E-state index in [9.17, 15) is 13.2 Å². The number of nitrogens with one attached hydrogen (secondary N) is 1. The predicted molar refractivity (Wildman–Crippen MR) is 102 cm³/mol. The summed E-state index contributed by atoms with van der Waals surface area (Å²) in [6.45, 7) is 3.90. The fraction of sp³-hybridized carbons (Fsp3) is 0.278. The molecule has 0 saturated heterocycles. The quantitative estimate of drug-likeness (QED) is 0.888. The van der Waals surface area contributed by atoms with Crippen molar-refractivity contribution in [3.05, 3.63) is 48.0 Å². The van der Waals surface area contributed by atoms with Crippen LogP contribution >= 0.6 is 11.8 Å². The maximum Gasteiger partial charge on any atom is 0.264 e. The normalized spacial score (nSPS) is 17.4. The van der Waals surface area contributed by atoms with Crippen molar-refractivity contribution < 1.29 is 13.2 Å². The fourth-order valence-electron chi connectivity index (χ4n) is 2.71. The fourth-order valence-corrected chi connectivity index (χ4v) is 4.98. The summed E-state index contributed by atoms with van der Waals surface area (Å²) in [5, 5.41) is 2.96. The van der Waals surface area contributed by atoms with Gasteiger partial charge in [-0.25, -0.2) is 8.42 Å². The standard InChI is InChI=1S/C18H20N2O3S2/c1-12-5-4-6-14(9-12)20(3)25(22,23)15-7-8-17-16(11-15)19-18(21)10-13(2)24-17/h4-9,11,13H,10H2,1-3H3,(H,19,21)/t13-/m0/s1. The van der Waals surface area contributed by atoms with E-state index in [1.807, 2.05) is 32.0 Å². The Morgan fingerprint density at radius 2 is 1.96 bits per heavy atom. The number of thioether (sulfide) groups is 1. The molecule has 1 aliphatic heterocycles. The first-order valence-corrected chi connectivity index (χ1v) is 10.3. The maximum absolute atomic E-state index is 13.0. The van der Waals surface area contributed by atoms with Crippen molar-refractivity contribution in [2.45, 2.75) is 35.3 Å². The Labute approximate surface area is 152 Å². The van der Waals surface area contributed by atoms with Crippen LogP contribution in [0.4, 0.5) is 11.4 Å². The first-order valence-electron chi connectivity index (χ1n) is 7.93. The molecule has 132 valence electrons. The van der Waals surface area contributed by atoms with E-state index in [2.05, 4.69) is 5.32 Å². The minimum Gasteiger partial charge on any atom is -0.325 e. The average molecular weight is 377 g/mol. The van der Waals surface area contributed by atoms with Crippen LogP contribution in [0.5, 0.6) is 0 Å². The van der Waals surface area contributed by atoms with Gasteiger partial charge >= 0.3 is 0 Å². The zero-order valence-electron chi connectivity index (χ0n) is 14.3. The maximum atomic E-state index is 13.0. The summed E-state index contributed by atoms with van der Waals surface area (Å²) in [5.41, 5.74) is 2.14. The Morgan fingerprint density at radius 1 is 1.20 bits per heavy atom. The molecule has 3 rings (SSSR count). The largest absolute Gasteiger partial charge is 0.325 e. The van der Waals surface area contributed by atoms with Gasteiger partial charge in [0.05, 0.1) is 16.3 Å². The van der Waals surface area contributed by atoms with Crippen molar-refractivity contribution in [2.75, 3.05) is 16.7 Å². The number of fused-ring (bicyclic) bond motifs is 1. The third kappa shape index (κ3) is 3.67. The zero-order valence-corrected chi connectivity index (χ0v) is 15.9. The summed E-state index contributed by atoms with van der Waals surface area (Å²) in [7, 11) is -2.18. The van der Waals surface area contributed by atoms with Crippen LogP contribution in [-0.4, -0.2) is 26.6 Å². The summed E-state index contributed by atoms with van der Waals surface area (Å²) in [5.74, 6) is -0.0969. The third-order valence-corrected chi connectivity index (χ3v) is 7.01. The molecule has 2 aromatic rings. The first-order chi connectivity index (χ1) is 11.8. The summed E-state index contributed by atoms with van der Waals surface area (Å²) in [6, 6.07) is 12.2. The monoisotopic (exact) mass is 376 g/mol. The summed E-state index contributed by atoms with van der Waals surface area (Å²) < 4.78 is 27.2. The van der Waals surface area contributed by atoms with E-state index in [1.165, 1.54) is 11.4 Å². The Balaban J connectivity index is 1.99. The zero-order chi connectivity index (χ0) is 18.2. The number of hydrogen-bond donors (Lipinski definition) is 1. The molecular weight excluding hydrogens is 356 g/mol. The highest BCUT2D eigenvalue weighted by atomic mass is 32.2. The summed E-state index contributed by atoms with van der Waals surface area (Å²) in [6.07, 6.45) is 0.407. The van der Waals surface area contributed by atoms with Gasteiger partial charge in [0, 0.05) is 23.6 Å². The Morgan fingerprint density at radius 3 is 2.68 bits per heavy atom. The second-order valence-corrected chi connectivity index (χ2v) is 9.60. The number of rotatable bonds is 3. The molecule has 1 heterocycles. The van der Waals surface area contributed by atoms with Crippen LogP contribution in [0.1, 0.15) is 18.9 Å². The number of benzene rings is 2. The molecule has 25 heavy (non-hydrogen) atoms. The molecule has 2 aromatic carbocycles. The van der Waals surface area contributed by atoms with Gasteiger partial charge in [0.1, 0.15) is 0 Å². The second-order valence-electron chi connectivity index (χ2n) is 6.15. The van der Waals surface area contributed by atoms with Crippen LogP contribution in [0.15, 0.2) is 52.3 Å². The van der Waals surface area contributed by atoms with Crippen molar-refractivity contribution in [3.63, 3.8) is 0 Å². The van der Waals surface area contributed by atoms with E-state index < -0.39 is 10.0 Å². The topological polar surface area (TPSA) is 66.5 Å². The molecule has 5 nitrogen and oxygen atoms in total. The molecule has 0 aliphatic carbocycles. The number of carbonyl (C=O) groups excluding carboxylic acids is 1. The van der Waals surface area contributed by atoms with Gasteiger partial charge in [0.15, 0.2) is 0 Å². The summed E-state index contributed by atoms with van der Waals surface area (Å²) >= 11 is 1.57. The number of nitrogens with zero attached hydrogens (tertiary/aromatic N) is 1. The minimum absolute atomic E-state index is 0.0969. The molecular formula is C18H20N2O3S2. The van der Waals surface area contributed by atoms with Gasteiger partial charge in [0.2, 0.25) is 5.91 Å². The molecule has 0 fully saturated rings. The average Bonchev–Trinajstić information content (AvgIpc) is 2.69. The molecule has 0 spiro atoms. The number of sulfonamides is 1. The molecule has 1 N–H and O–H groups in total. The highest BCUT2D eigenvalue weighted by Gasteiger charge is 2.25. The molecule has 0 radical (unpaired) electrons. The predicted octanol–water partition coefficient (Wildman–Crippen LogP) is 3.64. The lowest BCUT2D eigenvalue weighted by Gasteiger charge is -2.20. The molecule has 1 atom stereocenters. The highest BCUT2D eigenvalue weighted by molar-refractivity contribution is 8.00. The van der Waals surface area contributed by atoms with E-state index in [4.69, 9.17) is 0 Å². The van der Waals surface area contributed by atoms with Gasteiger partial charge in [0.25, 0.3) is 10.0 Å². The third-order valence-electron chi connectivity index (χ3n) is 4.05. The lowest BCUT2D eigenvalue weighted by Crippen LogP contribution is -2.26. The lowest BCUT2D eigenvalue weighted by molar-refractivity contribution is -0.116. The minimum atomic E-state index is -3.71. The van der Waals surface area contributed by atoms with Crippen LogP contribution in [0.3, 0.4) is 0 Å². The van der Waals surface area contributed by atoms with E-state index in [0.29, 0.717) is 17.8 Å². The van der Waals surface area contributed by atoms with Crippen LogP contribution in [-0.2, 0) is 14.8 Å². The summed E-state index contributed by atoms with van der Waals surface area (Å²) in [4.78, 5) is 13.0. The Hall–Kier alpha value is -1.99. The van der Waals surface area contributed by atoms with Crippen LogP contribution in [0.25, 0.3) is 0 Å². The molecule has 0 bridgehead atoms. The number of carbonyl (C=O) groups is 1. The SMILES string of the molecule is Cc1cccc(N(C)S(=O)(=O)c2ccc3c(c2)NC(=O)C[C@H](C)S3)c1. The number of hydrogen-bond acceptors (Lipinski definition) is 4. The Bertz CT molecular complexity index is 926.